The molecule has 1 unspecified atom stereocenters. The third kappa shape index (κ3) is 3.55. The molecule has 6 heteroatoms. The second-order valence-electron chi connectivity index (χ2n) is 4.70. The zero-order valence-corrected chi connectivity index (χ0v) is 11.0. The predicted molar refractivity (Wildman–Crippen MR) is 70.3 cm³/mol. The van der Waals surface area contributed by atoms with Gasteiger partial charge in [-0.2, -0.15) is 0 Å². The summed E-state index contributed by atoms with van der Waals surface area (Å²) in [6.07, 6.45) is -0.560. The minimum absolute atomic E-state index is 0.0628. The van der Waals surface area contributed by atoms with Gasteiger partial charge in [0.2, 0.25) is 0 Å². The van der Waals surface area contributed by atoms with Crippen molar-refractivity contribution in [1.82, 2.24) is 4.90 Å². The van der Waals surface area contributed by atoms with Gasteiger partial charge in [-0.3, -0.25) is 9.59 Å². The molecular formula is C14H17NO5. The number of carbonyl (C=O) groups excluding carboxylic acids is 1. The molecule has 0 spiro atoms. The first-order valence-electron chi connectivity index (χ1n) is 6.42. The van der Waals surface area contributed by atoms with Crippen molar-refractivity contribution in [2.24, 2.45) is 0 Å². The molecule has 6 nitrogen and oxygen atoms in total. The van der Waals surface area contributed by atoms with Crippen molar-refractivity contribution in [1.29, 1.82) is 0 Å². The van der Waals surface area contributed by atoms with E-state index in [1.807, 2.05) is 0 Å². The number of nitrogens with zero attached hydrogens (tertiary/aromatic N) is 1. The summed E-state index contributed by atoms with van der Waals surface area (Å²) in [5.74, 6) is -1.08. The normalized spacial score (nSPS) is 18.9. The van der Waals surface area contributed by atoms with E-state index in [2.05, 4.69) is 0 Å². The zero-order valence-electron chi connectivity index (χ0n) is 11.0. The second kappa shape index (κ2) is 6.49. The summed E-state index contributed by atoms with van der Waals surface area (Å²) >= 11 is 0. The van der Waals surface area contributed by atoms with E-state index in [0.717, 1.165) is 5.56 Å². The minimum atomic E-state index is -0.934. The van der Waals surface area contributed by atoms with Gasteiger partial charge in [0.25, 0.3) is 5.91 Å². The van der Waals surface area contributed by atoms with Gasteiger partial charge in [-0.1, -0.05) is 12.1 Å². The van der Waals surface area contributed by atoms with E-state index in [1.54, 1.807) is 29.2 Å². The lowest BCUT2D eigenvalue weighted by atomic mass is 10.1. The Morgan fingerprint density at radius 1 is 1.30 bits per heavy atom. The molecule has 1 aromatic carbocycles. The average Bonchev–Trinajstić information content (AvgIpc) is 2.46. The smallest absolute Gasteiger partial charge is 0.306 e. The van der Waals surface area contributed by atoms with Crippen LogP contribution in [-0.4, -0.2) is 52.8 Å². The Kier molecular flexibility index (Phi) is 4.70. The fourth-order valence-electron chi connectivity index (χ4n) is 2.16. The number of ether oxygens (including phenoxy) is 1. The molecular weight excluding hydrogens is 262 g/mol. The van der Waals surface area contributed by atoms with Crippen molar-refractivity contribution in [3.8, 4) is 0 Å². The third-order valence-electron chi connectivity index (χ3n) is 3.21. The molecule has 20 heavy (non-hydrogen) atoms. The van der Waals surface area contributed by atoms with Gasteiger partial charge in [0.05, 0.1) is 25.7 Å². The zero-order chi connectivity index (χ0) is 14.5. The summed E-state index contributed by atoms with van der Waals surface area (Å²) in [5, 5.41) is 17.7. The molecule has 0 bridgehead atoms. The van der Waals surface area contributed by atoms with Crippen LogP contribution >= 0.6 is 0 Å². The first kappa shape index (κ1) is 14.5. The van der Waals surface area contributed by atoms with Crippen LogP contribution in [0.2, 0.25) is 0 Å². The number of rotatable bonds is 4. The van der Waals surface area contributed by atoms with Crippen LogP contribution in [-0.2, 0) is 16.1 Å². The molecule has 1 aromatic rings. The molecule has 0 radical (unpaired) electrons. The number of carbonyl (C=O) groups is 2. The summed E-state index contributed by atoms with van der Waals surface area (Å²) < 4.78 is 5.33. The van der Waals surface area contributed by atoms with Gasteiger partial charge < -0.3 is 19.8 Å². The molecule has 1 amide bonds. The van der Waals surface area contributed by atoms with Crippen molar-refractivity contribution in [3.63, 3.8) is 0 Å². The maximum Gasteiger partial charge on any atom is 0.306 e. The lowest BCUT2D eigenvalue weighted by Crippen LogP contribution is -2.46. The summed E-state index contributed by atoms with van der Waals surface area (Å²) in [4.78, 5) is 24.6. The van der Waals surface area contributed by atoms with E-state index in [0.29, 0.717) is 18.7 Å². The van der Waals surface area contributed by atoms with Gasteiger partial charge in [0, 0.05) is 18.7 Å². The van der Waals surface area contributed by atoms with E-state index in [-0.39, 0.29) is 25.5 Å². The number of carboxylic acid groups (broad SMARTS) is 1. The summed E-state index contributed by atoms with van der Waals surface area (Å²) in [5.41, 5.74) is 1.27. The molecule has 0 aliphatic carbocycles. The van der Waals surface area contributed by atoms with E-state index < -0.39 is 12.1 Å². The standard InChI is InChI=1S/C14H17NO5/c16-9-10-1-3-11(4-2-10)14(19)15-5-6-20-12(8-15)7-13(17)18/h1-4,12,16H,5-9H2,(H,17,18). The third-order valence-corrected chi connectivity index (χ3v) is 3.21. The fourth-order valence-corrected chi connectivity index (χ4v) is 2.16. The number of aliphatic hydroxyl groups excluding tert-OH is 1. The molecule has 108 valence electrons. The lowest BCUT2D eigenvalue weighted by Gasteiger charge is -2.32. The Labute approximate surface area is 116 Å². The number of benzene rings is 1. The number of amides is 1. The molecule has 0 aromatic heterocycles. The van der Waals surface area contributed by atoms with Crippen molar-refractivity contribution < 1.29 is 24.5 Å². The number of aliphatic carboxylic acids is 1. The van der Waals surface area contributed by atoms with E-state index in [4.69, 9.17) is 14.9 Å². The predicted octanol–water partition coefficient (Wildman–Crippen LogP) is 0.495. The topological polar surface area (TPSA) is 87.1 Å². The van der Waals surface area contributed by atoms with Gasteiger partial charge in [-0.25, -0.2) is 0 Å². The first-order valence-corrected chi connectivity index (χ1v) is 6.42. The summed E-state index contributed by atoms with van der Waals surface area (Å²) in [6, 6.07) is 6.72. The van der Waals surface area contributed by atoms with E-state index in [9.17, 15) is 9.59 Å². The molecule has 2 rings (SSSR count). The van der Waals surface area contributed by atoms with E-state index in [1.165, 1.54) is 0 Å². The molecule has 1 aliphatic heterocycles. The fraction of sp³-hybridized carbons (Fsp3) is 0.429. The molecule has 1 fully saturated rings. The van der Waals surface area contributed by atoms with Gasteiger partial charge in [-0.05, 0) is 17.7 Å². The Morgan fingerprint density at radius 3 is 2.60 bits per heavy atom. The molecule has 1 heterocycles. The van der Waals surface area contributed by atoms with Crippen LogP contribution in [0.4, 0.5) is 0 Å². The summed E-state index contributed by atoms with van der Waals surface area (Å²) in [7, 11) is 0. The van der Waals surface area contributed by atoms with Gasteiger partial charge in [0.1, 0.15) is 0 Å². The SMILES string of the molecule is O=C(O)CC1CN(C(=O)c2ccc(CO)cc2)CCO1. The maximum absolute atomic E-state index is 12.3. The average molecular weight is 279 g/mol. The highest BCUT2D eigenvalue weighted by Gasteiger charge is 2.26. The van der Waals surface area contributed by atoms with Crippen molar-refractivity contribution in [2.75, 3.05) is 19.7 Å². The van der Waals surface area contributed by atoms with Gasteiger partial charge in [0.15, 0.2) is 0 Å². The Morgan fingerprint density at radius 2 is 2.00 bits per heavy atom. The largest absolute Gasteiger partial charge is 0.481 e. The van der Waals surface area contributed by atoms with Crippen LogP contribution in [0.1, 0.15) is 22.3 Å². The van der Waals surface area contributed by atoms with Crippen LogP contribution in [0.3, 0.4) is 0 Å². The van der Waals surface area contributed by atoms with Crippen LogP contribution in [0, 0.1) is 0 Å². The van der Waals surface area contributed by atoms with Crippen molar-refractivity contribution >= 4 is 11.9 Å². The Balaban J connectivity index is 2.02. The highest BCUT2D eigenvalue weighted by Crippen LogP contribution is 2.13. The quantitative estimate of drug-likeness (QED) is 0.838. The van der Waals surface area contributed by atoms with Crippen molar-refractivity contribution in [2.45, 2.75) is 19.1 Å². The number of morpholine rings is 1. The van der Waals surface area contributed by atoms with Gasteiger partial charge in [-0.15, -0.1) is 0 Å². The van der Waals surface area contributed by atoms with Crippen LogP contribution in [0.25, 0.3) is 0 Å². The molecule has 2 N–H and O–H groups in total. The number of hydrogen-bond acceptors (Lipinski definition) is 4. The van der Waals surface area contributed by atoms with Crippen molar-refractivity contribution in [3.05, 3.63) is 35.4 Å². The van der Waals surface area contributed by atoms with Crippen LogP contribution in [0.15, 0.2) is 24.3 Å². The molecule has 0 saturated carbocycles. The minimum Gasteiger partial charge on any atom is -0.481 e. The second-order valence-corrected chi connectivity index (χ2v) is 4.70. The van der Waals surface area contributed by atoms with Crippen LogP contribution < -0.4 is 0 Å². The molecule has 1 atom stereocenters. The van der Waals surface area contributed by atoms with Crippen LogP contribution in [0.5, 0.6) is 0 Å². The first-order chi connectivity index (χ1) is 9.60. The molecule has 1 saturated heterocycles. The monoisotopic (exact) mass is 279 g/mol. The summed E-state index contributed by atoms with van der Waals surface area (Å²) in [6.45, 7) is 1.02. The molecule has 1 aliphatic rings. The number of hydrogen-bond donors (Lipinski definition) is 2. The van der Waals surface area contributed by atoms with Gasteiger partial charge >= 0.3 is 5.97 Å². The highest BCUT2D eigenvalue weighted by molar-refractivity contribution is 5.94. The Hall–Kier alpha value is -1.92. The Bertz CT molecular complexity index is 485. The van der Waals surface area contributed by atoms with E-state index >= 15 is 0 Å². The number of carboxylic acids is 1. The lowest BCUT2D eigenvalue weighted by molar-refractivity contribution is -0.141. The maximum atomic E-state index is 12.3. The highest BCUT2D eigenvalue weighted by atomic mass is 16.5. The number of aliphatic hydroxyl groups is 1.